The minimum atomic E-state index is -1.16. The van der Waals surface area contributed by atoms with Gasteiger partial charge in [0.2, 0.25) is 0 Å². The minimum Gasteiger partial charge on any atom is -0.314 e. The maximum atomic E-state index is 11.1. The van der Waals surface area contributed by atoms with E-state index in [2.05, 4.69) is 26.0 Å². The Kier molecular flexibility index (Phi) is 8.52. The Bertz CT molecular complexity index is 348. The molecule has 4 heteroatoms. The molecule has 0 spiro atoms. The summed E-state index contributed by atoms with van der Waals surface area (Å²) in [5.41, 5.74) is 0. The van der Waals surface area contributed by atoms with Crippen molar-refractivity contribution < 1.29 is 9.09 Å². The SMILES string of the molecule is CCCCC(CCCC)(O[PH2]=O)Sc1ccccc1. The number of unbranched alkanes of at least 4 members (excludes halogenated alkanes) is 2. The van der Waals surface area contributed by atoms with Crippen LogP contribution >= 0.6 is 20.4 Å². The number of hydrogen-bond acceptors (Lipinski definition) is 3. The largest absolute Gasteiger partial charge is 0.314 e. The second-order valence-corrected chi connectivity index (χ2v) is 6.59. The van der Waals surface area contributed by atoms with E-state index in [1.165, 1.54) is 4.90 Å². The first kappa shape index (κ1) is 16.8. The zero-order valence-electron chi connectivity index (χ0n) is 11.9. The lowest BCUT2D eigenvalue weighted by Gasteiger charge is -2.31. The summed E-state index contributed by atoms with van der Waals surface area (Å²) in [6.07, 6.45) is 6.45. The molecule has 0 heterocycles. The van der Waals surface area contributed by atoms with Crippen molar-refractivity contribution >= 4 is 20.4 Å². The van der Waals surface area contributed by atoms with Crippen LogP contribution < -0.4 is 0 Å². The molecule has 0 aromatic heterocycles. The maximum Gasteiger partial charge on any atom is 0.181 e. The zero-order chi connectivity index (χ0) is 14.0. The summed E-state index contributed by atoms with van der Waals surface area (Å²) in [5.74, 6) is 0. The molecule has 0 aliphatic rings. The third-order valence-corrected chi connectivity index (χ3v) is 5.23. The summed E-state index contributed by atoms with van der Waals surface area (Å²) in [5, 5.41) is 0. The molecule has 0 fully saturated rings. The average molecular weight is 300 g/mol. The molecule has 1 atom stereocenters. The predicted octanol–water partition coefficient (Wildman–Crippen LogP) is 5.54. The van der Waals surface area contributed by atoms with Crippen LogP contribution in [-0.2, 0) is 9.09 Å². The molecule has 1 rings (SSSR count). The van der Waals surface area contributed by atoms with Crippen molar-refractivity contribution in [2.75, 3.05) is 0 Å². The summed E-state index contributed by atoms with van der Waals surface area (Å²) in [6.45, 7) is 4.36. The molecule has 0 aliphatic carbocycles. The van der Waals surface area contributed by atoms with Gasteiger partial charge in [-0.15, -0.1) is 0 Å². The van der Waals surface area contributed by atoms with Gasteiger partial charge in [-0.05, 0) is 37.8 Å². The number of thioether (sulfide) groups is 1. The van der Waals surface area contributed by atoms with Crippen molar-refractivity contribution in [3.63, 3.8) is 0 Å². The first-order valence-electron chi connectivity index (χ1n) is 7.12. The smallest absolute Gasteiger partial charge is 0.181 e. The van der Waals surface area contributed by atoms with Gasteiger partial charge in [-0.1, -0.05) is 56.7 Å². The fraction of sp³-hybridized carbons (Fsp3) is 0.600. The van der Waals surface area contributed by atoms with Crippen LogP contribution in [0.1, 0.15) is 52.4 Å². The molecule has 1 aromatic carbocycles. The molecule has 0 amide bonds. The van der Waals surface area contributed by atoms with Crippen LogP contribution in [0.5, 0.6) is 0 Å². The Morgan fingerprint density at radius 1 is 1.11 bits per heavy atom. The Morgan fingerprint density at radius 3 is 2.16 bits per heavy atom. The Morgan fingerprint density at radius 2 is 1.68 bits per heavy atom. The molecule has 1 unspecified atom stereocenters. The molecular formula is C15H25O2PS. The van der Waals surface area contributed by atoms with Crippen molar-refractivity contribution in [3.05, 3.63) is 30.3 Å². The van der Waals surface area contributed by atoms with Crippen LogP contribution in [0.2, 0.25) is 0 Å². The molecule has 108 valence electrons. The van der Waals surface area contributed by atoms with Crippen LogP contribution in [0.15, 0.2) is 35.2 Å². The second-order valence-electron chi connectivity index (χ2n) is 4.75. The van der Waals surface area contributed by atoms with E-state index >= 15 is 0 Å². The van der Waals surface area contributed by atoms with Crippen molar-refractivity contribution in [3.8, 4) is 0 Å². The lowest BCUT2D eigenvalue weighted by Crippen LogP contribution is -2.25. The highest BCUT2D eigenvalue weighted by molar-refractivity contribution is 8.00. The van der Waals surface area contributed by atoms with E-state index in [1.807, 2.05) is 18.2 Å². The quantitative estimate of drug-likeness (QED) is 0.322. The van der Waals surface area contributed by atoms with Crippen LogP contribution in [-0.4, -0.2) is 4.93 Å². The van der Waals surface area contributed by atoms with Crippen LogP contribution in [0, 0.1) is 0 Å². The topological polar surface area (TPSA) is 26.3 Å². The molecule has 1 aromatic rings. The summed E-state index contributed by atoms with van der Waals surface area (Å²) in [4.78, 5) is 0.896. The molecular weight excluding hydrogens is 275 g/mol. The average Bonchev–Trinajstić information content (AvgIpc) is 2.44. The molecule has 0 aliphatic heterocycles. The molecule has 0 N–H and O–H groups in total. The zero-order valence-corrected chi connectivity index (χ0v) is 13.9. The van der Waals surface area contributed by atoms with Gasteiger partial charge in [-0.25, -0.2) is 0 Å². The van der Waals surface area contributed by atoms with Gasteiger partial charge >= 0.3 is 0 Å². The van der Waals surface area contributed by atoms with E-state index in [9.17, 15) is 4.57 Å². The Balaban J connectivity index is 2.82. The highest BCUT2D eigenvalue weighted by atomic mass is 32.2. The van der Waals surface area contributed by atoms with Crippen LogP contribution in [0.3, 0.4) is 0 Å². The van der Waals surface area contributed by atoms with Crippen molar-refractivity contribution in [1.82, 2.24) is 0 Å². The number of benzene rings is 1. The fourth-order valence-corrected chi connectivity index (χ4v) is 3.99. The van der Waals surface area contributed by atoms with Gasteiger partial charge in [0, 0.05) is 4.90 Å². The van der Waals surface area contributed by atoms with Gasteiger partial charge in [0.15, 0.2) is 8.69 Å². The van der Waals surface area contributed by atoms with E-state index in [1.54, 1.807) is 11.8 Å². The van der Waals surface area contributed by atoms with Crippen molar-refractivity contribution in [2.45, 2.75) is 62.2 Å². The predicted molar refractivity (Wildman–Crippen MR) is 85.6 cm³/mol. The van der Waals surface area contributed by atoms with Crippen molar-refractivity contribution in [2.24, 2.45) is 0 Å². The second kappa shape index (κ2) is 9.63. The Hall–Kier alpha value is -0.240. The standard InChI is InChI=1S/C15H25O2PS/c1-3-5-12-15(17-18-16,13-6-4-2)19-14-10-8-7-9-11-14/h7-11H,3-6,12-13,18H2,1-2H3. The number of rotatable bonds is 10. The van der Waals surface area contributed by atoms with Gasteiger partial charge in [0.05, 0.1) is 0 Å². The highest BCUT2D eigenvalue weighted by Gasteiger charge is 2.31. The lowest BCUT2D eigenvalue weighted by molar-refractivity contribution is 0.157. The van der Waals surface area contributed by atoms with E-state index in [0.717, 1.165) is 38.5 Å². The highest BCUT2D eigenvalue weighted by Crippen LogP contribution is 2.43. The summed E-state index contributed by atoms with van der Waals surface area (Å²) in [6, 6.07) is 10.3. The van der Waals surface area contributed by atoms with Crippen molar-refractivity contribution in [1.29, 1.82) is 0 Å². The molecule has 2 nitrogen and oxygen atoms in total. The van der Waals surface area contributed by atoms with Gasteiger partial charge in [-0.3, -0.25) is 4.57 Å². The maximum absolute atomic E-state index is 11.1. The molecule has 0 radical (unpaired) electrons. The van der Waals surface area contributed by atoms with E-state index in [0.29, 0.717) is 0 Å². The lowest BCUT2D eigenvalue weighted by atomic mass is 10.1. The monoisotopic (exact) mass is 300 g/mol. The third-order valence-electron chi connectivity index (χ3n) is 3.13. The van der Waals surface area contributed by atoms with E-state index in [-0.39, 0.29) is 4.93 Å². The first-order valence-corrected chi connectivity index (χ1v) is 8.88. The van der Waals surface area contributed by atoms with Crippen LogP contribution in [0.4, 0.5) is 0 Å². The Labute approximate surface area is 122 Å². The summed E-state index contributed by atoms with van der Waals surface area (Å²) >= 11 is 1.74. The van der Waals surface area contributed by atoms with E-state index < -0.39 is 8.69 Å². The van der Waals surface area contributed by atoms with Gasteiger partial charge < -0.3 is 4.52 Å². The molecule has 0 bridgehead atoms. The van der Waals surface area contributed by atoms with Gasteiger partial charge in [0.1, 0.15) is 4.93 Å². The molecule has 0 saturated heterocycles. The van der Waals surface area contributed by atoms with Gasteiger partial charge in [-0.2, -0.15) is 0 Å². The minimum absolute atomic E-state index is 0.301. The van der Waals surface area contributed by atoms with Crippen LogP contribution in [0.25, 0.3) is 0 Å². The normalized spacial score (nSPS) is 12.3. The third kappa shape index (κ3) is 6.16. The summed E-state index contributed by atoms with van der Waals surface area (Å²) in [7, 11) is -1.16. The number of hydrogen-bond donors (Lipinski definition) is 0. The molecule has 19 heavy (non-hydrogen) atoms. The van der Waals surface area contributed by atoms with Gasteiger partial charge in [0.25, 0.3) is 0 Å². The fourth-order valence-electron chi connectivity index (χ4n) is 2.05. The first-order chi connectivity index (χ1) is 9.26. The summed E-state index contributed by atoms with van der Waals surface area (Å²) < 4.78 is 16.8. The molecule has 0 saturated carbocycles. The van der Waals surface area contributed by atoms with E-state index in [4.69, 9.17) is 4.52 Å².